The van der Waals surface area contributed by atoms with E-state index in [0.717, 1.165) is 26.1 Å². The SMILES string of the molecule is CCCNC(N)=NCc1ccccc1S(=O)(=O)N1CCN(C)CC1.I. The van der Waals surface area contributed by atoms with Crippen molar-refractivity contribution in [1.29, 1.82) is 0 Å². The number of nitrogens with one attached hydrogen (secondary N) is 1. The zero-order valence-corrected chi connectivity index (χ0v) is 18.0. The first kappa shape index (κ1) is 22.1. The summed E-state index contributed by atoms with van der Waals surface area (Å²) < 4.78 is 27.4. The van der Waals surface area contributed by atoms with Crippen molar-refractivity contribution in [3.8, 4) is 0 Å². The minimum Gasteiger partial charge on any atom is -0.370 e. The molecule has 0 amide bonds. The Kier molecular flexibility index (Phi) is 9.11. The van der Waals surface area contributed by atoms with Gasteiger partial charge >= 0.3 is 0 Å². The van der Waals surface area contributed by atoms with Gasteiger partial charge in [0.1, 0.15) is 0 Å². The van der Waals surface area contributed by atoms with Crippen LogP contribution in [0.25, 0.3) is 0 Å². The number of hydrogen-bond donors (Lipinski definition) is 2. The third-order valence-electron chi connectivity index (χ3n) is 4.03. The molecule has 1 aliphatic rings. The number of piperazine rings is 1. The fourth-order valence-electron chi connectivity index (χ4n) is 2.53. The van der Waals surface area contributed by atoms with Gasteiger partial charge in [0.15, 0.2) is 5.96 Å². The van der Waals surface area contributed by atoms with Crippen LogP contribution < -0.4 is 11.1 Å². The van der Waals surface area contributed by atoms with E-state index >= 15 is 0 Å². The lowest BCUT2D eigenvalue weighted by atomic mass is 10.2. The third kappa shape index (κ3) is 6.08. The van der Waals surface area contributed by atoms with Gasteiger partial charge in [-0.25, -0.2) is 13.4 Å². The summed E-state index contributed by atoms with van der Waals surface area (Å²) in [4.78, 5) is 6.70. The summed E-state index contributed by atoms with van der Waals surface area (Å²) in [6.07, 6.45) is 0.949. The standard InChI is InChI=1S/C16H27N5O2S.HI/c1-3-8-18-16(17)19-13-14-6-4-5-7-15(14)24(22,23)21-11-9-20(2)10-12-21;/h4-7H,3,8-13H2,1-2H3,(H3,17,18,19);1H. The van der Waals surface area contributed by atoms with Gasteiger partial charge in [0.2, 0.25) is 10.0 Å². The average Bonchev–Trinajstić information content (AvgIpc) is 2.58. The summed E-state index contributed by atoms with van der Waals surface area (Å²) in [6, 6.07) is 7.01. The van der Waals surface area contributed by atoms with Crippen molar-refractivity contribution in [2.75, 3.05) is 39.8 Å². The van der Waals surface area contributed by atoms with E-state index in [-0.39, 0.29) is 30.5 Å². The lowest BCUT2D eigenvalue weighted by Crippen LogP contribution is -2.47. The summed E-state index contributed by atoms with van der Waals surface area (Å²) in [7, 11) is -1.51. The van der Waals surface area contributed by atoms with E-state index in [2.05, 4.69) is 15.2 Å². The molecule has 2 rings (SSSR count). The van der Waals surface area contributed by atoms with Gasteiger partial charge in [0, 0.05) is 32.7 Å². The lowest BCUT2D eigenvalue weighted by molar-refractivity contribution is 0.222. The van der Waals surface area contributed by atoms with Gasteiger partial charge in [-0.3, -0.25) is 0 Å². The average molecular weight is 481 g/mol. The summed E-state index contributed by atoms with van der Waals surface area (Å²) >= 11 is 0. The number of likely N-dealkylation sites (N-methyl/N-ethyl adjacent to an activating group) is 1. The molecule has 7 nitrogen and oxygen atoms in total. The van der Waals surface area contributed by atoms with Gasteiger partial charge in [0.05, 0.1) is 11.4 Å². The van der Waals surface area contributed by atoms with Crippen molar-refractivity contribution in [2.24, 2.45) is 10.7 Å². The molecular formula is C16H28IN5O2S. The van der Waals surface area contributed by atoms with Crippen molar-refractivity contribution in [3.05, 3.63) is 29.8 Å². The minimum atomic E-state index is -3.50. The number of aliphatic imine (C=N–C) groups is 1. The molecule has 1 heterocycles. The molecule has 0 unspecified atom stereocenters. The van der Waals surface area contributed by atoms with E-state index in [9.17, 15) is 8.42 Å². The smallest absolute Gasteiger partial charge is 0.243 e. The van der Waals surface area contributed by atoms with E-state index < -0.39 is 10.0 Å². The van der Waals surface area contributed by atoms with Gasteiger partial charge in [-0.2, -0.15) is 4.31 Å². The Morgan fingerprint density at radius 1 is 1.24 bits per heavy atom. The summed E-state index contributed by atoms with van der Waals surface area (Å²) in [5.74, 6) is 0.337. The second-order valence-corrected chi connectivity index (χ2v) is 7.85. The molecule has 0 atom stereocenters. The molecule has 3 N–H and O–H groups in total. The zero-order valence-electron chi connectivity index (χ0n) is 14.8. The summed E-state index contributed by atoms with van der Waals surface area (Å²) in [6.45, 7) is 5.54. The largest absolute Gasteiger partial charge is 0.370 e. The Hall–Kier alpha value is -0.910. The number of sulfonamides is 1. The zero-order chi connectivity index (χ0) is 17.6. The van der Waals surface area contributed by atoms with Crippen LogP contribution >= 0.6 is 24.0 Å². The second-order valence-electron chi connectivity index (χ2n) is 5.94. The first-order chi connectivity index (χ1) is 11.4. The molecule has 0 bridgehead atoms. The molecule has 1 aliphatic heterocycles. The molecular weight excluding hydrogens is 453 g/mol. The number of benzene rings is 1. The molecule has 0 radical (unpaired) electrons. The number of nitrogens with two attached hydrogens (primary N) is 1. The topological polar surface area (TPSA) is 91.0 Å². The van der Waals surface area contributed by atoms with Crippen LogP contribution in [0.2, 0.25) is 0 Å². The number of hydrogen-bond acceptors (Lipinski definition) is 4. The van der Waals surface area contributed by atoms with E-state index in [0.29, 0.717) is 29.5 Å². The van der Waals surface area contributed by atoms with Gasteiger partial charge in [-0.05, 0) is 25.1 Å². The van der Waals surface area contributed by atoms with Crippen LogP contribution in [0.3, 0.4) is 0 Å². The predicted octanol–water partition coefficient (Wildman–Crippen LogP) is 1.06. The first-order valence-corrected chi connectivity index (χ1v) is 9.69. The van der Waals surface area contributed by atoms with Crippen molar-refractivity contribution >= 4 is 40.0 Å². The highest BCUT2D eigenvalue weighted by Crippen LogP contribution is 2.22. The van der Waals surface area contributed by atoms with Gasteiger partial charge < -0.3 is 16.0 Å². The highest BCUT2D eigenvalue weighted by atomic mass is 127. The molecule has 0 aromatic heterocycles. The van der Waals surface area contributed by atoms with Gasteiger partial charge in [-0.1, -0.05) is 25.1 Å². The van der Waals surface area contributed by atoms with Crippen LogP contribution in [0.15, 0.2) is 34.2 Å². The van der Waals surface area contributed by atoms with E-state index in [1.807, 2.05) is 20.0 Å². The molecule has 1 aromatic rings. The Bertz CT molecular complexity index is 673. The fourth-order valence-corrected chi connectivity index (χ4v) is 4.17. The molecule has 9 heteroatoms. The monoisotopic (exact) mass is 481 g/mol. The van der Waals surface area contributed by atoms with Crippen LogP contribution in [0.1, 0.15) is 18.9 Å². The minimum absolute atomic E-state index is 0. The molecule has 0 spiro atoms. The van der Waals surface area contributed by atoms with Crippen LogP contribution in [0, 0.1) is 0 Å². The number of nitrogens with zero attached hydrogens (tertiary/aromatic N) is 3. The highest BCUT2D eigenvalue weighted by Gasteiger charge is 2.29. The summed E-state index contributed by atoms with van der Waals surface area (Å²) in [5.41, 5.74) is 6.46. The summed E-state index contributed by atoms with van der Waals surface area (Å²) in [5, 5.41) is 2.99. The predicted molar refractivity (Wildman–Crippen MR) is 112 cm³/mol. The lowest BCUT2D eigenvalue weighted by Gasteiger charge is -2.32. The second kappa shape index (κ2) is 10.3. The quantitative estimate of drug-likeness (QED) is 0.360. The van der Waals surface area contributed by atoms with E-state index in [4.69, 9.17) is 5.73 Å². The number of rotatable bonds is 6. The Labute approximate surface area is 167 Å². The molecule has 0 aliphatic carbocycles. The fraction of sp³-hybridized carbons (Fsp3) is 0.562. The molecule has 1 saturated heterocycles. The van der Waals surface area contributed by atoms with Crippen LogP contribution in [-0.4, -0.2) is 63.4 Å². The van der Waals surface area contributed by atoms with Crippen molar-refractivity contribution in [3.63, 3.8) is 0 Å². The van der Waals surface area contributed by atoms with Crippen molar-refractivity contribution in [1.82, 2.24) is 14.5 Å². The van der Waals surface area contributed by atoms with Gasteiger partial charge in [0.25, 0.3) is 0 Å². The number of halogens is 1. The van der Waals surface area contributed by atoms with Crippen LogP contribution in [0.5, 0.6) is 0 Å². The Morgan fingerprint density at radius 3 is 2.52 bits per heavy atom. The number of guanidine groups is 1. The molecule has 1 aromatic carbocycles. The van der Waals surface area contributed by atoms with Crippen LogP contribution in [-0.2, 0) is 16.6 Å². The van der Waals surface area contributed by atoms with Gasteiger partial charge in [-0.15, -0.1) is 24.0 Å². The maximum atomic E-state index is 12.9. The molecule has 25 heavy (non-hydrogen) atoms. The Morgan fingerprint density at radius 2 is 1.88 bits per heavy atom. The maximum absolute atomic E-state index is 12.9. The first-order valence-electron chi connectivity index (χ1n) is 8.25. The van der Waals surface area contributed by atoms with Crippen molar-refractivity contribution < 1.29 is 8.42 Å². The van der Waals surface area contributed by atoms with E-state index in [1.165, 1.54) is 0 Å². The normalized spacial score (nSPS) is 17.1. The molecule has 1 fully saturated rings. The van der Waals surface area contributed by atoms with E-state index in [1.54, 1.807) is 22.5 Å². The van der Waals surface area contributed by atoms with Crippen molar-refractivity contribution in [2.45, 2.75) is 24.8 Å². The third-order valence-corrected chi connectivity index (χ3v) is 6.03. The highest BCUT2D eigenvalue weighted by molar-refractivity contribution is 14.0. The maximum Gasteiger partial charge on any atom is 0.243 e. The Balaban J connectivity index is 0.00000312. The molecule has 0 saturated carbocycles. The van der Waals surface area contributed by atoms with Crippen LogP contribution in [0.4, 0.5) is 0 Å². The molecule has 142 valence electrons.